The number of benzene rings is 2. The fourth-order valence-corrected chi connectivity index (χ4v) is 1.99. The van der Waals surface area contributed by atoms with Crippen LogP contribution in [0.2, 0.25) is 0 Å². The first-order valence-corrected chi connectivity index (χ1v) is 7.50. The summed E-state index contributed by atoms with van der Waals surface area (Å²) in [4.78, 5) is 11.9. The van der Waals surface area contributed by atoms with E-state index in [1.807, 2.05) is 12.1 Å². The second kappa shape index (κ2) is 8.34. The number of allylic oxidation sites excluding steroid dienone is 1. The summed E-state index contributed by atoms with van der Waals surface area (Å²) in [5, 5.41) is 3.00. The number of halogens is 2. The lowest BCUT2D eigenvalue weighted by Crippen LogP contribution is -1.98. The molecular weight excluding hydrogens is 348 g/mol. The highest BCUT2D eigenvalue weighted by Gasteiger charge is 2.00. The number of rotatable bonds is 7. The molecule has 2 rings (SSSR count). The van der Waals surface area contributed by atoms with E-state index < -0.39 is 6.67 Å². The Bertz CT molecular complexity index is 639. The van der Waals surface area contributed by atoms with Gasteiger partial charge in [0.2, 0.25) is 0 Å². The third-order valence-electron chi connectivity index (χ3n) is 2.81. The van der Waals surface area contributed by atoms with Gasteiger partial charge in [0.05, 0.1) is 0 Å². The molecule has 0 heterocycles. The Kier molecular flexibility index (Phi) is 6.15. The van der Waals surface area contributed by atoms with E-state index in [0.29, 0.717) is 11.3 Å². The van der Waals surface area contributed by atoms with E-state index in [-0.39, 0.29) is 12.4 Å². The number of nitrogens with one attached hydrogen (secondary N) is 1. The van der Waals surface area contributed by atoms with Crippen LogP contribution in [0.15, 0.2) is 65.3 Å². The summed E-state index contributed by atoms with van der Waals surface area (Å²) in [6.45, 7) is -0.463. The standard InChI is InChI=1S/C17H15BrFNO2/c18-14-3-1-13(2-4-14)17(21)9-11-20-15-5-7-16(8-6-15)22-12-10-19/h1-9,11,20H,10,12H2/i19-1. The van der Waals surface area contributed by atoms with Crippen LogP contribution in [0.4, 0.5) is 10.1 Å². The van der Waals surface area contributed by atoms with Crippen molar-refractivity contribution in [2.75, 3.05) is 18.6 Å². The Balaban J connectivity index is 1.88. The monoisotopic (exact) mass is 362 g/mol. The van der Waals surface area contributed by atoms with Gasteiger partial charge < -0.3 is 10.1 Å². The molecular formula is C17H15BrFNO2. The number of hydrogen-bond donors (Lipinski definition) is 1. The molecule has 0 aliphatic carbocycles. The van der Waals surface area contributed by atoms with Gasteiger partial charge in [-0.15, -0.1) is 0 Å². The van der Waals surface area contributed by atoms with Crippen molar-refractivity contribution in [2.45, 2.75) is 0 Å². The summed E-state index contributed by atoms with van der Waals surface area (Å²) in [5.74, 6) is 0.529. The number of ether oxygens (including phenoxy) is 1. The molecule has 0 unspecified atom stereocenters. The van der Waals surface area contributed by atoms with Gasteiger partial charge in [-0.25, -0.2) is 4.39 Å². The molecule has 3 nitrogen and oxygen atoms in total. The Labute approximate surface area is 136 Å². The first kappa shape index (κ1) is 16.2. The lowest BCUT2D eigenvalue weighted by molar-refractivity contribution is 0.104. The highest BCUT2D eigenvalue weighted by atomic mass is 79.9. The van der Waals surface area contributed by atoms with Crippen molar-refractivity contribution in [1.82, 2.24) is 0 Å². The van der Waals surface area contributed by atoms with Crippen molar-refractivity contribution < 1.29 is 13.9 Å². The van der Waals surface area contributed by atoms with Gasteiger partial charge in [-0.1, -0.05) is 15.9 Å². The maximum atomic E-state index is 12.0. The first-order chi connectivity index (χ1) is 10.7. The largest absolute Gasteiger partial charge is 0.491 e. The fourth-order valence-electron chi connectivity index (χ4n) is 1.73. The van der Waals surface area contributed by atoms with Crippen LogP contribution in [0.3, 0.4) is 0 Å². The molecule has 0 spiro atoms. The molecule has 22 heavy (non-hydrogen) atoms. The van der Waals surface area contributed by atoms with E-state index in [9.17, 15) is 9.18 Å². The molecule has 1 N–H and O–H groups in total. The summed E-state index contributed by atoms with van der Waals surface area (Å²) in [7, 11) is 0. The minimum atomic E-state index is -0.513. The van der Waals surface area contributed by atoms with Crippen molar-refractivity contribution in [2.24, 2.45) is 0 Å². The van der Waals surface area contributed by atoms with Crippen molar-refractivity contribution in [3.63, 3.8) is 0 Å². The normalized spacial score (nSPS) is 10.6. The Hall–Kier alpha value is -2.14. The van der Waals surface area contributed by atoms with Crippen LogP contribution in [-0.2, 0) is 0 Å². The maximum absolute atomic E-state index is 12.0. The second-order valence-corrected chi connectivity index (χ2v) is 5.33. The summed E-state index contributed by atoms with van der Waals surface area (Å²) in [6, 6.07) is 14.2. The molecule has 0 saturated heterocycles. The highest BCUT2D eigenvalue weighted by Crippen LogP contribution is 2.16. The molecule has 0 aliphatic heterocycles. The molecule has 0 saturated carbocycles. The third-order valence-corrected chi connectivity index (χ3v) is 3.34. The average Bonchev–Trinajstić information content (AvgIpc) is 2.54. The smallest absolute Gasteiger partial charge is 0.187 e. The van der Waals surface area contributed by atoms with E-state index >= 15 is 0 Å². The molecule has 0 aromatic heterocycles. The summed E-state index contributed by atoms with van der Waals surface area (Å²) in [5.41, 5.74) is 1.43. The van der Waals surface area contributed by atoms with E-state index in [1.54, 1.807) is 42.6 Å². The van der Waals surface area contributed by atoms with E-state index in [2.05, 4.69) is 21.2 Å². The van der Waals surface area contributed by atoms with E-state index in [1.165, 1.54) is 6.08 Å². The quantitative estimate of drug-likeness (QED) is 0.577. The third kappa shape index (κ3) is 5.00. The van der Waals surface area contributed by atoms with Gasteiger partial charge in [0, 0.05) is 28.0 Å². The van der Waals surface area contributed by atoms with Crippen molar-refractivity contribution in [3.05, 3.63) is 70.8 Å². The average molecular weight is 363 g/mol. The fraction of sp³-hybridized carbons (Fsp3) is 0.118. The van der Waals surface area contributed by atoms with Crippen molar-refractivity contribution in [1.29, 1.82) is 0 Å². The second-order valence-electron chi connectivity index (χ2n) is 4.41. The van der Waals surface area contributed by atoms with Crippen LogP contribution < -0.4 is 10.1 Å². The van der Waals surface area contributed by atoms with Gasteiger partial charge >= 0.3 is 0 Å². The zero-order valence-corrected chi connectivity index (χ0v) is 13.3. The molecule has 0 bridgehead atoms. The minimum absolute atomic E-state index is 0.0500. The number of alkyl halides is 1. The maximum Gasteiger partial charge on any atom is 0.187 e. The predicted octanol–water partition coefficient (Wildman–Crippen LogP) is 4.61. The number of anilines is 1. The Morgan fingerprint density at radius 3 is 2.45 bits per heavy atom. The molecule has 2 aromatic rings. The van der Waals surface area contributed by atoms with Crippen molar-refractivity contribution in [3.8, 4) is 5.75 Å². The summed E-state index contributed by atoms with van der Waals surface area (Å²) < 4.78 is 18.1. The molecule has 114 valence electrons. The van der Waals surface area contributed by atoms with E-state index in [4.69, 9.17) is 4.74 Å². The van der Waals surface area contributed by atoms with Gasteiger partial charge in [0.25, 0.3) is 0 Å². The topological polar surface area (TPSA) is 38.3 Å². The molecule has 0 amide bonds. The lowest BCUT2D eigenvalue weighted by atomic mass is 10.1. The number of ketones is 1. The van der Waals surface area contributed by atoms with Crippen molar-refractivity contribution >= 4 is 27.4 Å². The van der Waals surface area contributed by atoms with Crippen LogP contribution in [0, 0.1) is 0 Å². The molecule has 0 radical (unpaired) electrons. The van der Waals surface area contributed by atoms with Crippen LogP contribution in [-0.4, -0.2) is 19.1 Å². The Morgan fingerprint density at radius 2 is 1.82 bits per heavy atom. The van der Waals surface area contributed by atoms with Gasteiger partial charge in [-0.2, -0.15) is 0 Å². The molecule has 2 aromatic carbocycles. The highest BCUT2D eigenvalue weighted by molar-refractivity contribution is 9.10. The van der Waals surface area contributed by atoms with Gasteiger partial charge in [-0.3, -0.25) is 4.79 Å². The van der Waals surface area contributed by atoms with Gasteiger partial charge in [0.1, 0.15) is 19.0 Å². The molecule has 0 fully saturated rings. The zero-order valence-electron chi connectivity index (χ0n) is 11.8. The Morgan fingerprint density at radius 1 is 1.14 bits per heavy atom. The summed E-state index contributed by atoms with van der Waals surface area (Å²) >= 11 is 3.33. The van der Waals surface area contributed by atoms with E-state index in [0.717, 1.165) is 10.2 Å². The van der Waals surface area contributed by atoms with Crippen LogP contribution >= 0.6 is 15.9 Å². The number of hydrogen-bond acceptors (Lipinski definition) is 3. The lowest BCUT2D eigenvalue weighted by Gasteiger charge is -2.05. The minimum Gasteiger partial charge on any atom is -0.491 e. The SMILES string of the molecule is O=C(C=CNc1ccc(OCC[18F])cc1)c1ccc(Br)cc1. The summed E-state index contributed by atoms with van der Waals surface area (Å²) in [6.07, 6.45) is 3.05. The number of carbonyl (C=O) groups is 1. The van der Waals surface area contributed by atoms with Gasteiger partial charge in [-0.05, 0) is 48.5 Å². The predicted molar refractivity (Wildman–Crippen MR) is 89.1 cm³/mol. The molecule has 0 atom stereocenters. The van der Waals surface area contributed by atoms with Gasteiger partial charge in [0.15, 0.2) is 5.78 Å². The van der Waals surface area contributed by atoms with Crippen LogP contribution in [0.25, 0.3) is 0 Å². The zero-order chi connectivity index (χ0) is 15.8. The number of carbonyl (C=O) groups excluding carboxylic acids is 1. The molecule has 0 aliphatic rings. The van der Waals surface area contributed by atoms with Crippen LogP contribution in [0.1, 0.15) is 10.4 Å². The first-order valence-electron chi connectivity index (χ1n) is 6.71. The molecule has 5 heteroatoms. The van der Waals surface area contributed by atoms with Crippen LogP contribution in [0.5, 0.6) is 5.75 Å².